The lowest BCUT2D eigenvalue weighted by molar-refractivity contribution is -0.113. The molecule has 0 aromatic heterocycles. The van der Waals surface area contributed by atoms with E-state index in [0.717, 1.165) is 6.29 Å². The van der Waals surface area contributed by atoms with Gasteiger partial charge in [-0.1, -0.05) is 12.1 Å². The van der Waals surface area contributed by atoms with Crippen molar-refractivity contribution in [2.45, 2.75) is 0 Å². The molecule has 0 unspecified atom stereocenters. The van der Waals surface area contributed by atoms with E-state index in [2.05, 4.69) is 0 Å². The molecule has 0 heterocycles. The summed E-state index contributed by atoms with van der Waals surface area (Å²) in [5, 5.41) is 0. The maximum Gasteiger partial charge on any atom is 0.241 e. The van der Waals surface area contributed by atoms with Crippen molar-refractivity contribution in [3.63, 3.8) is 0 Å². The molecule has 0 spiro atoms. The van der Waals surface area contributed by atoms with Gasteiger partial charge in [-0.3, -0.25) is 9.59 Å². The summed E-state index contributed by atoms with van der Waals surface area (Å²) in [6, 6.07) is 4.91. The second-order valence-corrected chi connectivity index (χ2v) is 2.85. The molecular weight excluding hydrogens is 194 g/mol. The zero-order valence-corrected chi connectivity index (χ0v) is 8.27. The molecule has 0 aliphatic carbocycles. The Kier molecular flexibility index (Phi) is 3.62. The molecule has 0 aliphatic rings. The molecule has 0 bridgehead atoms. The minimum atomic E-state index is -0.531. The van der Waals surface area contributed by atoms with Crippen molar-refractivity contribution in [3.05, 3.63) is 35.4 Å². The highest BCUT2D eigenvalue weighted by atomic mass is 16.5. The van der Waals surface area contributed by atoms with E-state index >= 15 is 0 Å². The minimum Gasteiger partial charge on any atom is -0.496 e. The summed E-state index contributed by atoms with van der Waals surface area (Å²) in [7, 11) is 1.49. The smallest absolute Gasteiger partial charge is 0.241 e. The molecule has 0 radical (unpaired) electrons. The van der Waals surface area contributed by atoms with Gasteiger partial charge < -0.3 is 10.5 Å². The maximum absolute atomic E-state index is 10.5. The van der Waals surface area contributed by atoms with Gasteiger partial charge in [0.1, 0.15) is 12.0 Å². The Morgan fingerprint density at radius 2 is 2.20 bits per heavy atom. The predicted octanol–water partition coefficient (Wildman–Crippen LogP) is 1.01. The lowest BCUT2D eigenvalue weighted by Crippen LogP contribution is -2.05. The van der Waals surface area contributed by atoms with Crippen LogP contribution in [-0.2, 0) is 4.79 Å². The van der Waals surface area contributed by atoms with Crippen LogP contribution >= 0.6 is 0 Å². The molecule has 4 heteroatoms. The summed E-state index contributed by atoms with van der Waals surface area (Å²) in [4.78, 5) is 21.0. The fourth-order valence-electron chi connectivity index (χ4n) is 1.11. The van der Waals surface area contributed by atoms with Gasteiger partial charge in [-0.15, -0.1) is 0 Å². The van der Waals surface area contributed by atoms with Crippen LogP contribution in [0.4, 0.5) is 0 Å². The van der Waals surface area contributed by atoms with E-state index in [-0.39, 0.29) is 0 Å². The number of benzene rings is 1. The summed E-state index contributed by atoms with van der Waals surface area (Å²) in [6.07, 6.45) is 3.50. The fourth-order valence-corrected chi connectivity index (χ4v) is 1.11. The number of aldehydes is 1. The van der Waals surface area contributed by atoms with Crippen molar-refractivity contribution in [1.82, 2.24) is 0 Å². The second kappa shape index (κ2) is 4.95. The highest BCUT2D eigenvalue weighted by Crippen LogP contribution is 2.20. The largest absolute Gasteiger partial charge is 0.496 e. The van der Waals surface area contributed by atoms with E-state index in [4.69, 9.17) is 10.5 Å². The van der Waals surface area contributed by atoms with Crippen molar-refractivity contribution in [2.24, 2.45) is 5.73 Å². The Morgan fingerprint density at radius 1 is 1.47 bits per heavy atom. The maximum atomic E-state index is 10.5. The van der Waals surface area contributed by atoms with Gasteiger partial charge in [0.2, 0.25) is 5.91 Å². The van der Waals surface area contributed by atoms with E-state index in [0.29, 0.717) is 16.9 Å². The van der Waals surface area contributed by atoms with Gasteiger partial charge in [-0.05, 0) is 12.1 Å². The highest BCUT2D eigenvalue weighted by Gasteiger charge is 2.01. The summed E-state index contributed by atoms with van der Waals surface area (Å²) in [6.45, 7) is 0. The van der Waals surface area contributed by atoms with E-state index in [9.17, 15) is 9.59 Å². The van der Waals surface area contributed by atoms with E-state index < -0.39 is 5.91 Å². The number of amides is 1. The van der Waals surface area contributed by atoms with Gasteiger partial charge in [0.25, 0.3) is 0 Å². The van der Waals surface area contributed by atoms with Crippen LogP contribution < -0.4 is 10.5 Å². The highest BCUT2D eigenvalue weighted by molar-refractivity contribution is 5.91. The quantitative estimate of drug-likeness (QED) is 0.589. The molecule has 1 amide bonds. The Labute approximate surface area is 87.3 Å². The molecular formula is C11H11NO3. The Balaban J connectivity index is 3.07. The normalized spacial score (nSPS) is 10.2. The zero-order valence-electron chi connectivity index (χ0n) is 8.27. The average molecular weight is 205 g/mol. The lowest BCUT2D eigenvalue weighted by atomic mass is 10.1. The van der Waals surface area contributed by atoms with Crippen molar-refractivity contribution < 1.29 is 14.3 Å². The number of ether oxygens (including phenoxy) is 1. The molecule has 4 nitrogen and oxygen atoms in total. The first kappa shape index (κ1) is 11.0. The van der Waals surface area contributed by atoms with Crippen LogP contribution in [0, 0.1) is 0 Å². The summed E-state index contributed by atoms with van der Waals surface area (Å²) >= 11 is 0. The average Bonchev–Trinajstić information content (AvgIpc) is 2.25. The number of carbonyl (C=O) groups is 2. The van der Waals surface area contributed by atoms with Crippen LogP contribution in [0.5, 0.6) is 5.75 Å². The van der Waals surface area contributed by atoms with Crippen molar-refractivity contribution in [1.29, 1.82) is 0 Å². The SMILES string of the molecule is COc1cc(C=O)ccc1/C=C/C(N)=O. The molecule has 0 saturated heterocycles. The number of methoxy groups -OCH3 is 1. The number of nitrogens with two attached hydrogens (primary N) is 1. The monoisotopic (exact) mass is 205 g/mol. The number of hydrogen-bond acceptors (Lipinski definition) is 3. The van der Waals surface area contributed by atoms with Crippen molar-refractivity contribution >= 4 is 18.3 Å². The predicted molar refractivity (Wildman–Crippen MR) is 56.6 cm³/mol. The molecule has 0 aliphatic heterocycles. The molecule has 2 N–H and O–H groups in total. The van der Waals surface area contributed by atoms with E-state index in [1.165, 1.54) is 19.3 Å². The zero-order chi connectivity index (χ0) is 11.3. The molecule has 1 rings (SSSR count). The van der Waals surface area contributed by atoms with Crippen LogP contribution in [0.3, 0.4) is 0 Å². The van der Waals surface area contributed by atoms with Crippen molar-refractivity contribution in [3.8, 4) is 5.75 Å². The number of hydrogen-bond donors (Lipinski definition) is 1. The van der Waals surface area contributed by atoms with Gasteiger partial charge in [0.05, 0.1) is 7.11 Å². The third kappa shape index (κ3) is 2.95. The topological polar surface area (TPSA) is 69.4 Å². The van der Waals surface area contributed by atoms with Crippen LogP contribution in [-0.4, -0.2) is 19.3 Å². The lowest BCUT2D eigenvalue weighted by Gasteiger charge is -2.04. The third-order valence-corrected chi connectivity index (χ3v) is 1.82. The van der Waals surface area contributed by atoms with Gasteiger partial charge in [0, 0.05) is 17.2 Å². The van der Waals surface area contributed by atoms with Crippen molar-refractivity contribution in [2.75, 3.05) is 7.11 Å². The molecule has 0 atom stereocenters. The van der Waals surface area contributed by atoms with Crippen LogP contribution in [0.15, 0.2) is 24.3 Å². The van der Waals surface area contributed by atoms with Gasteiger partial charge >= 0.3 is 0 Å². The Bertz CT molecular complexity index is 410. The van der Waals surface area contributed by atoms with Crippen LogP contribution in [0.2, 0.25) is 0 Å². The molecule has 0 fully saturated rings. The first-order chi connectivity index (χ1) is 7.17. The molecule has 0 saturated carbocycles. The summed E-state index contributed by atoms with van der Waals surface area (Å²) in [5.41, 5.74) is 6.18. The van der Waals surface area contributed by atoms with Gasteiger partial charge in [-0.2, -0.15) is 0 Å². The number of rotatable bonds is 4. The Morgan fingerprint density at radius 3 is 2.73 bits per heavy atom. The van der Waals surface area contributed by atoms with Gasteiger partial charge in [0.15, 0.2) is 0 Å². The number of carbonyl (C=O) groups excluding carboxylic acids is 2. The number of primary amides is 1. The minimum absolute atomic E-state index is 0.517. The van der Waals surface area contributed by atoms with E-state index in [1.807, 2.05) is 0 Å². The molecule has 78 valence electrons. The molecule has 1 aromatic carbocycles. The summed E-state index contributed by atoms with van der Waals surface area (Å²) < 4.78 is 5.06. The summed E-state index contributed by atoms with van der Waals surface area (Å²) in [5.74, 6) is -0.00591. The standard InChI is InChI=1S/C11H11NO3/c1-15-10-6-8(7-13)2-3-9(10)4-5-11(12)14/h2-7H,1H3,(H2,12,14)/b5-4+. The van der Waals surface area contributed by atoms with Crippen LogP contribution in [0.25, 0.3) is 6.08 Å². The Hall–Kier alpha value is -2.10. The first-order valence-electron chi connectivity index (χ1n) is 4.28. The van der Waals surface area contributed by atoms with Crippen LogP contribution in [0.1, 0.15) is 15.9 Å². The molecule has 15 heavy (non-hydrogen) atoms. The first-order valence-corrected chi connectivity index (χ1v) is 4.28. The third-order valence-electron chi connectivity index (χ3n) is 1.82. The van der Waals surface area contributed by atoms with Gasteiger partial charge in [-0.25, -0.2) is 0 Å². The van der Waals surface area contributed by atoms with E-state index in [1.54, 1.807) is 18.2 Å². The molecule has 1 aromatic rings. The fraction of sp³-hybridized carbons (Fsp3) is 0.0909. The second-order valence-electron chi connectivity index (χ2n) is 2.85.